The summed E-state index contributed by atoms with van der Waals surface area (Å²) in [6, 6.07) is 3.91. The van der Waals surface area contributed by atoms with Crippen molar-refractivity contribution in [3.63, 3.8) is 0 Å². The van der Waals surface area contributed by atoms with Crippen molar-refractivity contribution in [3.8, 4) is 0 Å². The number of hydrogen-bond acceptors (Lipinski definition) is 2. The molecule has 0 saturated heterocycles. The number of hydrogen-bond donors (Lipinski definition) is 2. The molecule has 0 bridgehead atoms. The molecule has 0 heterocycles. The van der Waals surface area contributed by atoms with Crippen molar-refractivity contribution in [2.24, 2.45) is 0 Å². The molecular formula is C14H18FNO2. The molecule has 2 rings (SSSR count). The Morgan fingerprint density at radius 1 is 1.39 bits per heavy atom. The number of carbonyl (C=O) groups excluding carboxylic acids is 1. The standard InChI is InChI=1S/C14H18FNO2/c1-9-8-10(15)6-7-11(9)14(18)16-12-4-2-3-5-13(12)17/h6-8,12-13,17H,2-5H2,1H3,(H,16,18). The molecule has 1 fully saturated rings. The Morgan fingerprint density at radius 2 is 2.11 bits per heavy atom. The molecule has 2 N–H and O–H groups in total. The normalized spacial score (nSPS) is 23.7. The highest BCUT2D eigenvalue weighted by molar-refractivity contribution is 5.95. The average molecular weight is 251 g/mol. The van der Waals surface area contributed by atoms with Gasteiger partial charge in [-0.2, -0.15) is 0 Å². The number of carbonyl (C=O) groups is 1. The Morgan fingerprint density at radius 3 is 2.78 bits per heavy atom. The molecule has 1 aromatic carbocycles. The van der Waals surface area contributed by atoms with E-state index in [0.29, 0.717) is 11.1 Å². The van der Waals surface area contributed by atoms with E-state index in [1.54, 1.807) is 6.92 Å². The first-order valence-corrected chi connectivity index (χ1v) is 6.33. The maximum absolute atomic E-state index is 13.0. The first-order valence-electron chi connectivity index (χ1n) is 6.33. The van der Waals surface area contributed by atoms with E-state index in [0.717, 1.165) is 25.7 Å². The maximum Gasteiger partial charge on any atom is 0.251 e. The summed E-state index contributed by atoms with van der Waals surface area (Å²) in [4.78, 5) is 12.0. The molecule has 1 saturated carbocycles. The number of benzene rings is 1. The van der Waals surface area contributed by atoms with Crippen LogP contribution in [-0.4, -0.2) is 23.2 Å². The number of nitrogens with one attached hydrogen (secondary N) is 1. The summed E-state index contributed by atoms with van der Waals surface area (Å²) >= 11 is 0. The number of aliphatic hydroxyl groups is 1. The van der Waals surface area contributed by atoms with Gasteiger partial charge in [0.25, 0.3) is 5.91 Å². The Kier molecular flexibility index (Phi) is 3.97. The summed E-state index contributed by atoms with van der Waals surface area (Å²) in [6.45, 7) is 1.70. The van der Waals surface area contributed by atoms with Gasteiger partial charge in [0, 0.05) is 5.56 Å². The number of aryl methyl sites for hydroxylation is 1. The maximum atomic E-state index is 13.0. The minimum Gasteiger partial charge on any atom is -0.391 e. The molecule has 2 unspecified atom stereocenters. The molecule has 0 aromatic heterocycles. The van der Waals surface area contributed by atoms with Crippen LogP contribution in [0.5, 0.6) is 0 Å². The highest BCUT2D eigenvalue weighted by Gasteiger charge is 2.25. The van der Waals surface area contributed by atoms with Crippen LogP contribution in [0.15, 0.2) is 18.2 Å². The zero-order valence-corrected chi connectivity index (χ0v) is 10.4. The van der Waals surface area contributed by atoms with Crippen LogP contribution in [0.2, 0.25) is 0 Å². The lowest BCUT2D eigenvalue weighted by molar-refractivity contribution is 0.0717. The highest BCUT2D eigenvalue weighted by atomic mass is 19.1. The summed E-state index contributed by atoms with van der Waals surface area (Å²) in [5.41, 5.74) is 1.08. The van der Waals surface area contributed by atoms with Crippen LogP contribution in [0.3, 0.4) is 0 Å². The average Bonchev–Trinajstić information content (AvgIpc) is 2.32. The highest BCUT2D eigenvalue weighted by Crippen LogP contribution is 2.19. The van der Waals surface area contributed by atoms with Crippen molar-refractivity contribution in [3.05, 3.63) is 35.1 Å². The van der Waals surface area contributed by atoms with E-state index >= 15 is 0 Å². The first-order chi connectivity index (χ1) is 8.58. The van der Waals surface area contributed by atoms with E-state index in [1.165, 1.54) is 18.2 Å². The van der Waals surface area contributed by atoms with Crippen LogP contribution in [-0.2, 0) is 0 Å². The Labute approximate surface area is 106 Å². The summed E-state index contributed by atoms with van der Waals surface area (Å²) in [5, 5.41) is 12.6. The SMILES string of the molecule is Cc1cc(F)ccc1C(=O)NC1CCCCC1O. The van der Waals surface area contributed by atoms with Crippen LogP contribution in [0.4, 0.5) is 4.39 Å². The third-order valence-corrected chi connectivity index (χ3v) is 3.48. The topological polar surface area (TPSA) is 49.3 Å². The lowest BCUT2D eigenvalue weighted by Gasteiger charge is -2.28. The van der Waals surface area contributed by atoms with Crippen molar-refractivity contribution in [2.75, 3.05) is 0 Å². The summed E-state index contributed by atoms with van der Waals surface area (Å²) < 4.78 is 13.0. The molecule has 1 amide bonds. The number of halogens is 1. The molecular weight excluding hydrogens is 233 g/mol. The van der Waals surface area contributed by atoms with Crippen molar-refractivity contribution in [2.45, 2.75) is 44.8 Å². The van der Waals surface area contributed by atoms with Gasteiger partial charge in [0.1, 0.15) is 5.82 Å². The lowest BCUT2D eigenvalue weighted by atomic mass is 9.92. The first kappa shape index (κ1) is 13.0. The molecule has 1 aliphatic carbocycles. The zero-order valence-electron chi connectivity index (χ0n) is 10.4. The molecule has 1 aliphatic rings. The summed E-state index contributed by atoms with van der Waals surface area (Å²) in [6.07, 6.45) is 3.08. The van der Waals surface area contributed by atoms with Gasteiger partial charge >= 0.3 is 0 Å². The fourth-order valence-electron chi connectivity index (χ4n) is 2.41. The molecule has 0 radical (unpaired) electrons. The van der Waals surface area contributed by atoms with Gasteiger partial charge in [0.05, 0.1) is 12.1 Å². The number of rotatable bonds is 2. The Hall–Kier alpha value is -1.42. The van der Waals surface area contributed by atoms with Gasteiger partial charge in [-0.15, -0.1) is 0 Å². The van der Waals surface area contributed by atoms with Crippen molar-refractivity contribution in [1.82, 2.24) is 5.32 Å². The van der Waals surface area contributed by atoms with Gasteiger partial charge in [-0.05, 0) is 43.5 Å². The molecule has 1 aromatic rings. The second kappa shape index (κ2) is 5.48. The molecule has 98 valence electrons. The van der Waals surface area contributed by atoms with E-state index in [4.69, 9.17) is 0 Å². The van der Waals surface area contributed by atoms with Gasteiger partial charge in [0.15, 0.2) is 0 Å². The Balaban J connectivity index is 2.07. The number of amides is 1. The predicted octanol–water partition coefficient (Wildman–Crippen LogP) is 2.17. The summed E-state index contributed by atoms with van der Waals surface area (Å²) in [5.74, 6) is -0.583. The smallest absolute Gasteiger partial charge is 0.251 e. The zero-order chi connectivity index (χ0) is 13.1. The molecule has 0 aliphatic heterocycles. The van der Waals surface area contributed by atoms with E-state index in [2.05, 4.69) is 5.32 Å². The minimum atomic E-state index is -0.469. The van der Waals surface area contributed by atoms with Crippen molar-refractivity contribution < 1.29 is 14.3 Å². The van der Waals surface area contributed by atoms with Crippen LogP contribution in [0, 0.1) is 12.7 Å². The van der Waals surface area contributed by atoms with Crippen LogP contribution < -0.4 is 5.32 Å². The molecule has 4 heteroatoms. The van der Waals surface area contributed by atoms with Crippen molar-refractivity contribution >= 4 is 5.91 Å². The Bertz CT molecular complexity index is 447. The van der Waals surface area contributed by atoms with E-state index in [1.807, 2.05) is 0 Å². The lowest BCUT2D eigenvalue weighted by Crippen LogP contribution is -2.45. The van der Waals surface area contributed by atoms with Gasteiger partial charge in [0.2, 0.25) is 0 Å². The second-order valence-corrected chi connectivity index (χ2v) is 4.89. The fraction of sp³-hybridized carbons (Fsp3) is 0.500. The summed E-state index contributed by atoms with van der Waals surface area (Å²) in [7, 11) is 0. The second-order valence-electron chi connectivity index (χ2n) is 4.89. The van der Waals surface area contributed by atoms with Gasteiger partial charge in [-0.1, -0.05) is 12.8 Å². The van der Waals surface area contributed by atoms with Crippen LogP contribution in [0.25, 0.3) is 0 Å². The number of aliphatic hydroxyl groups excluding tert-OH is 1. The quantitative estimate of drug-likeness (QED) is 0.846. The molecule has 0 spiro atoms. The van der Waals surface area contributed by atoms with E-state index in [-0.39, 0.29) is 17.8 Å². The van der Waals surface area contributed by atoms with Gasteiger partial charge < -0.3 is 10.4 Å². The fourth-order valence-corrected chi connectivity index (χ4v) is 2.41. The third-order valence-electron chi connectivity index (χ3n) is 3.48. The monoisotopic (exact) mass is 251 g/mol. The van der Waals surface area contributed by atoms with Gasteiger partial charge in [-0.3, -0.25) is 4.79 Å². The van der Waals surface area contributed by atoms with Gasteiger partial charge in [-0.25, -0.2) is 4.39 Å². The molecule has 2 atom stereocenters. The largest absolute Gasteiger partial charge is 0.391 e. The van der Waals surface area contributed by atoms with Crippen LogP contribution in [0.1, 0.15) is 41.6 Å². The predicted molar refractivity (Wildman–Crippen MR) is 66.9 cm³/mol. The van der Waals surface area contributed by atoms with E-state index in [9.17, 15) is 14.3 Å². The third kappa shape index (κ3) is 2.88. The minimum absolute atomic E-state index is 0.185. The molecule has 3 nitrogen and oxygen atoms in total. The van der Waals surface area contributed by atoms with E-state index < -0.39 is 6.10 Å². The van der Waals surface area contributed by atoms with Crippen molar-refractivity contribution in [1.29, 1.82) is 0 Å². The molecule has 18 heavy (non-hydrogen) atoms. The van der Waals surface area contributed by atoms with Crippen LogP contribution >= 0.6 is 0 Å².